The van der Waals surface area contributed by atoms with Crippen LogP contribution in [0.4, 0.5) is 0 Å². The molecule has 0 aliphatic heterocycles. The molecule has 0 spiro atoms. The molecule has 1 saturated carbocycles. The topological polar surface area (TPSA) is 68.3 Å². The van der Waals surface area contributed by atoms with Gasteiger partial charge in [-0.15, -0.1) is 6.58 Å². The largest absolute Gasteiger partial charge is 0.222 e. The van der Waals surface area contributed by atoms with E-state index in [1.165, 1.54) is 24.3 Å². The summed E-state index contributed by atoms with van der Waals surface area (Å²) in [5, 5.41) is 0. The van der Waals surface area contributed by atoms with Crippen molar-refractivity contribution in [1.29, 1.82) is 0 Å². The molecule has 4 nitrogen and oxygen atoms in total. The van der Waals surface area contributed by atoms with Gasteiger partial charge in [0.2, 0.25) is 0 Å². The molecular weight excluding hydrogens is 452 g/mol. The third kappa shape index (κ3) is 3.77. The van der Waals surface area contributed by atoms with Crippen LogP contribution in [0.3, 0.4) is 0 Å². The molecule has 4 rings (SSSR count). The Labute approximate surface area is 196 Å². The molecule has 0 saturated heterocycles. The Bertz CT molecular complexity index is 1320. The lowest BCUT2D eigenvalue weighted by Gasteiger charge is -2.29. The first-order valence-corrected chi connectivity index (χ1v) is 13.7. The highest BCUT2D eigenvalue weighted by Crippen LogP contribution is 2.53. The summed E-state index contributed by atoms with van der Waals surface area (Å²) in [6.45, 7) is 5.84. The van der Waals surface area contributed by atoms with E-state index in [9.17, 15) is 16.8 Å². The Balaban J connectivity index is 2.00. The van der Waals surface area contributed by atoms with E-state index in [0.717, 1.165) is 16.7 Å². The fraction of sp³-hybridized carbons (Fsp3) is 0.185. The fourth-order valence-electron chi connectivity index (χ4n) is 4.64. The minimum atomic E-state index is -4.27. The highest BCUT2D eigenvalue weighted by molar-refractivity contribution is 8.10. The van der Waals surface area contributed by atoms with Crippen LogP contribution in [0.15, 0.2) is 119 Å². The maximum atomic E-state index is 14.1. The Kier molecular flexibility index (Phi) is 6.16. The molecule has 170 valence electrons. The van der Waals surface area contributed by atoms with Crippen molar-refractivity contribution in [3.8, 4) is 0 Å². The van der Waals surface area contributed by atoms with Gasteiger partial charge in [0.05, 0.1) is 9.79 Å². The molecule has 3 aromatic rings. The standard InChI is InChI=1S/C27H26O4S2/c1-3-22-19-27(32(28,29)24-15-9-5-10-16-24,33(30,31)25-17-11-6-12-18-25)20-26(22)21(2)23-13-7-4-8-14-23/h3-18,22H,1,19-20H2,2H3/b26-21-. The highest BCUT2D eigenvalue weighted by atomic mass is 32.3. The number of hydrogen-bond acceptors (Lipinski definition) is 4. The Morgan fingerprint density at radius 3 is 1.64 bits per heavy atom. The van der Waals surface area contributed by atoms with Crippen LogP contribution in [0.2, 0.25) is 0 Å². The smallest absolute Gasteiger partial charge is 0.199 e. The molecule has 6 heteroatoms. The van der Waals surface area contributed by atoms with Crippen molar-refractivity contribution < 1.29 is 16.8 Å². The Hall–Kier alpha value is -2.96. The zero-order valence-electron chi connectivity index (χ0n) is 18.4. The van der Waals surface area contributed by atoms with Gasteiger partial charge in [0.1, 0.15) is 0 Å². The second-order valence-corrected chi connectivity index (χ2v) is 13.1. The van der Waals surface area contributed by atoms with Crippen molar-refractivity contribution in [2.75, 3.05) is 0 Å². The second kappa shape index (κ2) is 8.76. The minimum absolute atomic E-state index is 0.00549. The average molecular weight is 479 g/mol. The summed E-state index contributed by atoms with van der Waals surface area (Å²) in [4.78, 5) is 0.0110. The van der Waals surface area contributed by atoms with Gasteiger partial charge in [-0.05, 0) is 48.7 Å². The molecule has 1 fully saturated rings. The van der Waals surface area contributed by atoms with Gasteiger partial charge in [-0.25, -0.2) is 16.8 Å². The van der Waals surface area contributed by atoms with Gasteiger partial charge in [0.25, 0.3) is 0 Å². The van der Waals surface area contributed by atoms with Crippen molar-refractivity contribution in [1.82, 2.24) is 0 Å². The molecule has 33 heavy (non-hydrogen) atoms. The van der Waals surface area contributed by atoms with E-state index in [-0.39, 0.29) is 28.6 Å². The van der Waals surface area contributed by atoms with Gasteiger partial charge in [0, 0.05) is 12.3 Å². The first kappa shape index (κ1) is 23.2. The fourth-order valence-corrected chi connectivity index (χ4v) is 9.76. The van der Waals surface area contributed by atoms with Crippen LogP contribution < -0.4 is 0 Å². The van der Waals surface area contributed by atoms with E-state index in [0.29, 0.717) is 0 Å². The van der Waals surface area contributed by atoms with Crippen molar-refractivity contribution in [2.45, 2.75) is 33.6 Å². The third-order valence-corrected chi connectivity index (χ3v) is 12.2. The lowest BCUT2D eigenvalue weighted by molar-refractivity contribution is 0.535. The lowest BCUT2D eigenvalue weighted by atomic mass is 9.94. The number of allylic oxidation sites excluding steroid dienone is 3. The second-order valence-electron chi connectivity index (χ2n) is 8.28. The number of rotatable bonds is 6. The van der Waals surface area contributed by atoms with Gasteiger partial charge in [0.15, 0.2) is 23.8 Å². The van der Waals surface area contributed by atoms with E-state index < -0.39 is 23.8 Å². The molecule has 0 radical (unpaired) electrons. The number of hydrogen-bond donors (Lipinski definition) is 0. The zero-order valence-corrected chi connectivity index (χ0v) is 20.0. The first-order chi connectivity index (χ1) is 15.7. The molecule has 0 N–H and O–H groups in total. The summed E-state index contributed by atoms with van der Waals surface area (Å²) < 4.78 is 54.4. The van der Waals surface area contributed by atoms with Crippen LogP contribution in [0.1, 0.15) is 25.3 Å². The van der Waals surface area contributed by atoms with E-state index in [4.69, 9.17) is 0 Å². The summed E-state index contributed by atoms with van der Waals surface area (Å²) in [5.41, 5.74) is 2.61. The monoisotopic (exact) mass is 478 g/mol. The Morgan fingerprint density at radius 1 is 0.788 bits per heavy atom. The maximum Gasteiger partial charge on any atom is 0.199 e. The molecule has 0 heterocycles. The van der Waals surface area contributed by atoms with Crippen LogP contribution in [-0.4, -0.2) is 20.9 Å². The van der Waals surface area contributed by atoms with Gasteiger partial charge in [-0.2, -0.15) is 0 Å². The summed E-state index contributed by atoms with van der Waals surface area (Å²) in [6.07, 6.45) is 1.48. The predicted octanol–water partition coefficient (Wildman–Crippen LogP) is 5.70. The van der Waals surface area contributed by atoms with Crippen LogP contribution >= 0.6 is 0 Å². The Morgan fingerprint density at radius 2 is 1.21 bits per heavy atom. The molecule has 3 aromatic carbocycles. The third-order valence-electron chi connectivity index (χ3n) is 6.50. The van der Waals surface area contributed by atoms with E-state index in [1.54, 1.807) is 42.5 Å². The summed E-state index contributed by atoms with van der Waals surface area (Å²) in [6, 6.07) is 25.3. The highest BCUT2D eigenvalue weighted by Gasteiger charge is 2.61. The molecule has 1 unspecified atom stereocenters. The predicted molar refractivity (Wildman–Crippen MR) is 132 cm³/mol. The van der Waals surface area contributed by atoms with Crippen molar-refractivity contribution in [3.05, 3.63) is 115 Å². The van der Waals surface area contributed by atoms with Crippen molar-refractivity contribution >= 4 is 25.2 Å². The zero-order chi connectivity index (χ0) is 23.7. The lowest BCUT2D eigenvalue weighted by Crippen LogP contribution is -2.44. The SMILES string of the molecule is C=CC1CC(S(=O)(=O)c2ccccc2)(S(=O)(=O)c2ccccc2)C/C1=C(\C)c1ccccc1. The van der Waals surface area contributed by atoms with Crippen LogP contribution in [0.25, 0.3) is 5.57 Å². The van der Waals surface area contributed by atoms with Crippen LogP contribution in [0, 0.1) is 5.92 Å². The molecule has 1 aliphatic carbocycles. The summed E-state index contributed by atoms with van der Waals surface area (Å²) >= 11 is 0. The van der Waals surface area contributed by atoms with Gasteiger partial charge >= 0.3 is 0 Å². The van der Waals surface area contributed by atoms with Gasteiger partial charge < -0.3 is 0 Å². The molecule has 1 atom stereocenters. The van der Waals surface area contributed by atoms with Crippen molar-refractivity contribution in [3.63, 3.8) is 0 Å². The van der Waals surface area contributed by atoms with E-state index >= 15 is 0 Å². The normalized spacial score (nSPS) is 19.7. The molecular formula is C27H26O4S2. The summed E-state index contributed by atoms with van der Waals surface area (Å²) in [7, 11) is -8.54. The van der Waals surface area contributed by atoms with Gasteiger partial charge in [-0.3, -0.25) is 0 Å². The summed E-state index contributed by atoms with van der Waals surface area (Å²) in [5.74, 6) is -0.387. The molecule has 0 bridgehead atoms. The van der Waals surface area contributed by atoms with E-state index in [1.807, 2.05) is 37.3 Å². The molecule has 0 amide bonds. The van der Waals surface area contributed by atoms with Gasteiger partial charge in [-0.1, -0.05) is 78.4 Å². The number of benzene rings is 3. The maximum absolute atomic E-state index is 14.1. The first-order valence-electron chi connectivity index (χ1n) is 10.7. The number of sulfone groups is 2. The van der Waals surface area contributed by atoms with Crippen LogP contribution in [-0.2, 0) is 19.7 Å². The quantitative estimate of drug-likeness (QED) is 0.426. The van der Waals surface area contributed by atoms with Crippen LogP contribution in [0.5, 0.6) is 0 Å². The van der Waals surface area contributed by atoms with Crippen molar-refractivity contribution in [2.24, 2.45) is 5.92 Å². The average Bonchev–Trinajstić information content (AvgIpc) is 3.28. The minimum Gasteiger partial charge on any atom is -0.222 e. The molecule has 1 aliphatic rings. The molecule has 0 aromatic heterocycles. The van der Waals surface area contributed by atoms with E-state index in [2.05, 4.69) is 6.58 Å².